The normalized spacial score (nSPS) is 18.3. The van der Waals surface area contributed by atoms with Crippen LogP contribution in [-0.4, -0.2) is 12.6 Å². The van der Waals surface area contributed by atoms with Gasteiger partial charge in [0.15, 0.2) is 0 Å². The van der Waals surface area contributed by atoms with E-state index in [1.807, 2.05) is 17.4 Å². The van der Waals surface area contributed by atoms with E-state index < -0.39 is 0 Å². The second-order valence-corrected chi connectivity index (χ2v) is 7.91. The lowest BCUT2D eigenvalue weighted by Crippen LogP contribution is -2.34. The Morgan fingerprint density at radius 3 is 2.90 bits per heavy atom. The van der Waals surface area contributed by atoms with Crippen LogP contribution >= 0.6 is 27.3 Å². The molecule has 0 bridgehead atoms. The third-order valence-electron chi connectivity index (χ3n) is 3.84. The zero-order chi connectivity index (χ0) is 14.8. The molecule has 0 saturated carbocycles. The van der Waals surface area contributed by atoms with Gasteiger partial charge in [0.25, 0.3) is 0 Å². The number of fused-ring (bicyclic) bond motifs is 1. The van der Waals surface area contributed by atoms with Crippen LogP contribution in [0.15, 0.2) is 34.1 Å². The van der Waals surface area contributed by atoms with Crippen molar-refractivity contribution in [3.05, 3.63) is 50.1 Å². The van der Waals surface area contributed by atoms with Crippen LogP contribution in [0.5, 0.6) is 5.75 Å². The Bertz CT molecular complexity index is 581. The topological polar surface area (TPSA) is 21.3 Å². The van der Waals surface area contributed by atoms with Gasteiger partial charge in [0, 0.05) is 11.3 Å². The zero-order valence-electron chi connectivity index (χ0n) is 12.4. The summed E-state index contributed by atoms with van der Waals surface area (Å²) in [5, 5.41) is 3.67. The smallest absolute Gasteiger partial charge is 0.123 e. The van der Waals surface area contributed by atoms with Crippen LogP contribution in [0.4, 0.5) is 0 Å². The third kappa shape index (κ3) is 3.17. The van der Waals surface area contributed by atoms with E-state index in [1.165, 1.54) is 19.8 Å². The zero-order valence-corrected chi connectivity index (χ0v) is 14.8. The Morgan fingerprint density at radius 2 is 2.24 bits per heavy atom. The molecule has 1 aromatic heterocycles. The molecule has 112 valence electrons. The fourth-order valence-corrected chi connectivity index (χ4v) is 4.45. The second kappa shape index (κ2) is 6.51. The number of benzene rings is 1. The average molecular weight is 366 g/mol. The summed E-state index contributed by atoms with van der Waals surface area (Å²) in [5.74, 6) is 1.04. The van der Waals surface area contributed by atoms with Crippen molar-refractivity contribution < 1.29 is 4.74 Å². The quantitative estimate of drug-likeness (QED) is 0.816. The minimum absolute atomic E-state index is 0.180. The van der Waals surface area contributed by atoms with Gasteiger partial charge in [-0.1, -0.05) is 25.1 Å². The molecule has 2 nitrogen and oxygen atoms in total. The maximum atomic E-state index is 6.20. The summed E-state index contributed by atoms with van der Waals surface area (Å²) in [6, 6.07) is 10.9. The van der Waals surface area contributed by atoms with Gasteiger partial charge < -0.3 is 10.1 Å². The molecule has 1 N–H and O–H groups in total. The molecule has 4 heteroatoms. The SMILES string of the molecule is CCCNC(c1cc(C)c(Br)s1)C1Cc2ccccc2O1. The van der Waals surface area contributed by atoms with Crippen LogP contribution in [0, 0.1) is 6.92 Å². The van der Waals surface area contributed by atoms with E-state index >= 15 is 0 Å². The van der Waals surface area contributed by atoms with Gasteiger partial charge in [-0.3, -0.25) is 0 Å². The third-order valence-corrected chi connectivity index (χ3v) is 6.06. The van der Waals surface area contributed by atoms with Crippen molar-refractivity contribution in [2.24, 2.45) is 0 Å². The molecular weight excluding hydrogens is 346 g/mol. The summed E-state index contributed by atoms with van der Waals surface area (Å²) in [6.45, 7) is 5.35. The Labute approximate surface area is 138 Å². The van der Waals surface area contributed by atoms with Crippen molar-refractivity contribution in [1.29, 1.82) is 0 Å². The minimum atomic E-state index is 0.180. The number of hydrogen-bond donors (Lipinski definition) is 1. The first kappa shape index (κ1) is 15.1. The molecule has 21 heavy (non-hydrogen) atoms. The van der Waals surface area contributed by atoms with Gasteiger partial charge in [-0.05, 0) is 59.1 Å². The van der Waals surface area contributed by atoms with Crippen LogP contribution in [-0.2, 0) is 6.42 Å². The van der Waals surface area contributed by atoms with Gasteiger partial charge in [0.2, 0.25) is 0 Å². The molecule has 0 aliphatic carbocycles. The van der Waals surface area contributed by atoms with Crippen LogP contribution in [0.2, 0.25) is 0 Å². The average Bonchev–Trinajstić information content (AvgIpc) is 3.04. The number of thiophene rings is 1. The van der Waals surface area contributed by atoms with Gasteiger partial charge in [-0.25, -0.2) is 0 Å². The van der Waals surface area contributed by atoms with Crippen LogP contribution in [0.1, 0.15) is 35.4 Å². The van der Waals surface area contributed by atoms with E-state index in [0.717, 1.165) is 25.1 Å². The molecule has 3 rings (SSSR count). The van der Waals surface area contributed by atoms with E-state index in [4.69, 9.17) is 4.74 Å². The molecule has 1 aromatic carbocycles. The highest BCUT2D eigenvalue weighted by Crippen LogP contribution is 2.38. The van der Waals surface area contributed by atoms with Gasteiger partial charge in [-0.15, -0.1) is 11.3 Å². The number of halogens is 1. The fraction of sp³-hybridized carbons (Fsp3) is 0.412. The highest BCUT2D eigenvalue weighted by atomic mass is 79.9. The van der Waals surface area contributed by atoms with Crippen LogP contribution in [0.25, 0.3) is 0 Å². The maximum Gasteiger partial charge on any atom is 0.123 e. The lowest BCUT2D eigenvalue weighted by Gasteiger charge is -2.23. The van der Waals surface area contributed by atoms with Crippen molar-refractivity contribution in [2.75, 3.05) is 6.54 Å². The molecule has 0 amide bonds. The first-order chi connectivity index (χ1) is 10.2. The molecule has 0 radical (unpaired) electrons. The predicted octanol–water partition coefficient (Wildman–Crippen LogP) is 4.86. The fourth-order valence-electron chi connectivity index (χ4n) is 2.75. The lowest BCUT2D eigenvalue weighted by atomic mass is 10.0. The molecular formula is C17H20BrNOS. The van der Waals surface area contributed by atoms with Crippen molar-refractivity contribution >= 4 is 27.3 Å². The number of aryl methyl sites for hydroxylation is 1. The van der Waals surface area contributed by atoms with Crippen molar-refractivity contribution in [1.82, 2.24) is 5.32 Å². The summed E-state index contributed by atoms with van der Waals surface area (Å²) < 4.78 is 7.42. The highest BCUT2D eigenvalue weighted by Gasteiger charge is 2.32. The molecule has 2 aromatic rings. The molecule has 1 aliphatic rings. The summed E-state index contributed by atoms with van der Waals surface area (Å²) in [4.78, 5) is 1.35. The van der Waals surface area contributed by atoms with Gasteiger partial charge in [0.1, 0.15) is 11.9 Å². The highest BCUT2D eigenvalue weighted by molar-refractivity contribution is 9.11. The van der Waals surface area contributed by atoms with Crippen molar-refractivity contribution in [3.8, 4) is 5.75 Å². The first-order valence-corrected chi connectivity index (χ1v) is 9.03. The predicted molar refractivity (Wildman–Crippen MR) is 92.4 cm³/mol. The van der Waals surface area contributed by atoms with Gasteiger partial charge in [-0.2, -0.15) is 0 Å². The number of rotatable bonds is 5. The standard InChI is InChI=1S/C17H20BrNOS/c1-3-8-19-16(15-9-11(2)17(18)21-15)14-10-12-6-4-5-7-13(12)20-14/h4-7,9,14,16,19H,3,8,10H2,1-2H3. The van der Waals surface area contributed by atoms with E-state index in [0.29, 0.717) is 0 Å². The molecule has 0 spiro atoms. The Kier molecular flexibility index (Phi) is 4.67. The Morgan fingerprint density at radius 1 is 1.43 bits per heavy atom. The molecule has 2 unspecified atom stereocenters. The number of nitrogens with one attached hydrogen (secondary N) is 1. The van der Waals surface area contributed by atoms with Crippen LogP contribution < -0.4 is 10.1 Å². The van der Waals surface area contributed by atoms with E-state index in [9.17, 15) is 0 Å². The first-order valence-electron chi connectivity index (χ1n) is 7.42. The summed E-state index contributed by atoms with van der Waals surface area (Å²) in [7, 11) is 0. The molecule has 2 heterocycles. The summed E-state index contributed by atoms with van der Waals surface area (Å²) in [5.41, 5.74) is 2.62. The van der Waals surface area contributed by atoms with E-state index in [-0.39, 0.29) is 12.1 Å². The van der Waals surface area contributed by atoms with Gasteiger partial charge >= 0.3 is 0 Å². The number of hydrogen-bond acceptors (Lipinski definition) is 3. The van der Waals surface area contributed by atoms with Crippen molar-refractivity contribution in [3.63, 3.8) is 0 Å². The van der Waals surface area contributed by atoms with E-state index in [2.05, 4.69) is 59.4 Å². The van der Waals surface area contributed by atoms with Gasteiger partial charge in [0.05, 0.1) is 9.83 Å². The summed E-state index contributed by atoms with van der Waals surface area (Å²) >= 11 is 5.45. The molecule has 0 fully saturated rings. The lowest BCUT2D eigenvalue weighted by molar-refractivity contribution is 0.180. The summed E-state index contributed by atoms with van der Waals surface area (Å²) in [6.07, 6.45) is 2.28. The molecule has 0 saturated heterocycles. The molecule has 1 aliphatic heterocycles. The molecule has 2 atom stereocenters. The Balaban J connectivity index is 1.84. The van der Waals surface area contributed by atoms with Crippen molar-refractivity contribution in [2.45, 2.75) is 38.8 Å². The van der Waals surface area contributed by atoms with E-state index in [1.54, 1.807) is 0 Å². The maximum absolute atomic E-state index is 6.20. The largest absolute Gasteiger partial charge is 0.488 e. The van der Waals surface area contributed by atoms with Crippen LogP contribution in [0.3, 0.4) is 0 Å². The number of para-hydroxylation sites is 1. The second-order valence-electron chi connectivity index (χ2n) is 5.51. The minimum Gasteiger partial charge on any atom is -0.488 e. The number of ether oxygens (including phenoxy) is 1. The Hall–Kier alpha value is -0.840. The monoisotopic (exact) mass is 365 g/mol.